The van der Waals surface area contributed by atoms with Crippen LogP contribution < -0.4 is 22.3 Å². The Labute approximate surface area is 278 Å². The molecule has 0 aromatic carbocycles. The number of alkyl carbamates (subject to hydrolysis) is 1. The van der Waals surface area contributed by atoms with Crippen LogP contribution in [0.25, 0.3) is 0 Å². The van der Waals surface area contributed by atoms with E-state index in [1.54, 1.807) is 0 Å². The minimum Gasteiger partial charge on any atom is -1.00 e. The number of nitrogens with one attached hydrogen (secondary N) is 1. The molecule has 0 bridgehead atoms. The highest BCUT2D eigenvalue weighted by Crippen LogP contribution is 2.21. The van der Waals surface area contributed by atoms with Gasteiger partial charge in [0.2, 0.25) is 11.6 Å². The minimum absolute atomic E-state index is 0. The van der Waals surface area contributed by atoms with Crippen molar-refractivity contribution in [3.05, 3.63) is 30.1 Å². The van der Waals surface area contributed by atoms with Gasteiger partial charge < -0.3 is 31.9 Å². The Bertz CT molecular complexity index is 944. The fraction of sp³-hybridized carbons (Fsp3) is 0.771. The Morgan fingerprint density at radius 3 is 1.84 bits per heavy atom. The number of nitrogens with zero attached hydrogens (tertiary/aromatic N) is 2. The lowest BCUT2D eigenvalue weighted by molar-refractivity contribution is -0.701. The van der Waals surface area contributed by atoms with E-state index in [4.69, 9.17) is 14.2 Å². The first-order valence-electron chi connectivity index (χ1n) is 17.4. The Morgan fingerprint density at radius 1 is 0.822 bits per heavy atom. The summed E-state index contributed by atoms with van der Waals surface area (Å²) in [6.45, 7) is 7.32. The average molecular weight is 654 g/mol. The molecule has 0 spiro atoms. The van der Waals surface area contributed by atoms with Gasteiger partial charge in [-0.05, 0) is 13.3 Å². The van der Waals surface area contributed by atoms with E-state index in [9.17, 15) is 14.4 Å². The number of carbonyl (C=O) groups is 3. The van der Waals surface area contributed by atoms with Crippen LogP contribution in [0.1, 0.15) is 136 Å². The van der Waals surface area contributed by atoms with E-state index in [0.717, 1.165) is 30.0 Å². The van der Waals surface area contributed by atoms with Crippen LogP contribution in [0.5, 0.6) is 0 Å². The second-order valence-electron chi connectivity index (χ2n) is 12.1. The second kappa shape index (κ2) is 25.8. The van der Waals surface area contributed by atoms with Gasteiger partial charge >= 0.3 is 12.2 Å². The summed E-state index contributed by atoms with van der Waals surface area (Å²) in [5, 5.41) is 2.81. The van der Waals surface area contributed by atoms with Crippen molar-refractivity contribution in [3.8, 4) is 0 Å². The van der Waals surface area contributed by atoms with Crippen molar-refractivity contribution in [2.24, 2.45) is 0 Å². The van der Waals surface area contributed by atoms with Crippen molar-refractivity contribution in [2.45, 2.75) is 155 Å². The third-order valence-electron chi connectivity index (χ3n) is 8.30. The summed E-state index contributed by atoms with van der Waals surface area (Å²) in [6.07, 6.45) is 22.1. The lowest BCUT2D eigenvalue weighted by Gasteiger charge is -2.35. The van der Waals surface area contributed by atoms with Crippen LogP contribution >= 0.6 is 0 Å². The number of hydrogen-bond acceptors (Lipinski definition) is 6. The summed E-state index contributed by atoms with van der Waals surface area (Å²) in [5.41, 5.74) is 0.840. The number of aryl methyl sites for hydroxylation is 1. The Balaban J connectivity index is 0.0000101. The van der Waals surface area contributed by atoms with E-state index >= 15 is 0 Å². The molecule has 2 atom stereocenters. The molecule has 1 aliphatic rings. The van der Waals surface area contributed by atoms with Crippen molar-refractivity contribution in [1.29, 1.82) is 0 Å². The number of halogens is 1. The third kappa shape index (κ3) is 18.4. The molecule has 1 saturated heterocycles. The molecule has 1 aromatic rings. The highest BCUT2D eigenvalue weighted by molar-refractivity contribution is 5.90. The van der Waals surface area contributed by atoms with Crippen molar-refractivity contribution in [1.82, 2.24) is 10.2 Å². The first-order chi connectivity index (χ1) is 21.4. The number of rotatable bonds is 24. The quantitative estimate of drug-likeness (QED) is 0.129. The number of ether oxygens (including phenoxy) is 3. The SMILES string of the molecule is CCCCCCCCCCCCCCCCCCNC(=O)OC[C@@H]1C[C@H](COC(=O)N(Cc2cccc[n+]2CC)C(C)=O)O1.[Cl-]. The fourth-order valence-electron chi connectivity index (χ4n) is 5.52. The summed E-state index contributed by atoms with van der Waals surface area (Å²) >= 11 is 0. The molecule has 10 heteroatoms. The number of imide groups is 1. The summed E-state index contributed by atoms with van der Waals surface area (Å²) < 4.78 is 18.3. The maximum absolute atomic E-state index is 12.6. The number of unbranched alkanes of at least 4 members (excludes halogenated alkanes) is 15. The Hall–Kier alpha value is -2.39. The zero-order valence-electron chi connectivity index (χ0n) is 28.2. The predicted octanol–water partition coefficient (Wildman–Crippen LogP) is 4.63. The van der Waals surface area contributed by atoms with Crippen LogP contribution in [0, 0.1) is 0 Å². The third-order valence-corrected chi connectivity index (χ3v) is 8.30. The van der Waals surface area contributed by atoms with Gasteiger partial charge in [0, 0.05) is 32.0 Å². The molecule has 0 aliphatic carbocycles. The summed E-state index contributed by atoms with van der Waals surface area (Å²) in [4.78, 5) is 37.7. The van der Waals surface area contributed by atoms with E-state index in [0.29, 0.717) is 13.0 Å². The molecule has 1 aromatic heterocycles. The van der Waals surface area contributed by atoms with Gasteiger partial charge in [-0.25, -0.2) is 19.1 Å². The summed E-state index contributed by atoms with van der Waals surface area (Å²) in [6, 6.07) is 5.66. The summed E-state index contributed by atoms with van der Waals surface area (Å²) in [5.74, 6) is -0.382. The number of hydrogen-bond donors (Lipinski definition) is 1. The van der Waals surface area contributed by atoms with Crippen molar-refractivity contribution in [3.63, 3.8) is 0 Å². The number of pyridine rings is 1. The van der Waals surface area contributed by atoms with Crippen LogP contribution in [-0.4, -0.2) is 55.0 Å². The molecule has 0 unspecified atom stereocenters. The molecule has 2 rings (SSSR count). The predicted molar refractivity (Wildman–Crippen MR) is 172 cm³/mol. The molecule has 1 fully saturated rings. The van der Waals surface area contributed by atoms with E-state index < -0.39 is 12.2 Å². The number of carbonyl (C=O) groups excluding carboxylic acids is 3. The van der Waals surface area contributed by atoms with Gasteiger partial charge in [0.05, 0.1) is 12.2 Å². The molecular weight excluding hydrogens is 594 g/mol. The van der Waals surface area contributed by atoms with E-state index in [-0.39, 0.29) is 50.3 Å². The molecule has 1 aliphatic heterocycles. The van der Waals surface area contributed by atoms with Gasteiger partial charge in [0.25, 0.3) is 0 Å². The standard InChI is InChI=1S/C35H59N3O6.ClH/c1-4-6-7-8-9-10-11-12-13-14-15-16-17-18-19-21-24-36-34(40)42-28-32-26-33(44-32)29-43-35(41)38(30(3)39)27-31-23-20-22-25-37(31)5-2;/h20,22-23,25,32-33H,4-19,21,24,26-29H2,1-3H3;1H/t32-,33+;/m0./s1. The largest absolute Gasteiger partial charge is 1.00 e. The highest BCUT2D eigenvalue weighted by Gasteiger charge is 2.33. The molecule has 0 radical (unpaired) electrons. The van der Waals surface area contributed by atoms with Gasteiger partial charge in [-0.15, -0.1) is 0 Å². The molecule has 3 amide bonds. The normalized spacial score (nSPS) is 15.4. The first kappa shape index (κ1) is 40.6. The van der Waals surface area contributed by atoms with Gasteiger partial charge in [0.15, 0.2) is 6.20 Å². The maximum Gasteiger partial charge on any atom is 0.417 e. The van der Waals surface area contributed by atoms with Crippen LogP contribution in [0.15, 0.2) is 24.4 Å². The first-order valence-corrected chi connectivity index (χ1v) is 17.4. The van der Waals surface area contributed by atoms with E-state index in [2.05, 4.69) is 12.2 Å². The lowest BCUT2D eigenvalue weighted by Crippen LogP contribution is -3.00. The summed E-state index contributed by atoms with van der Waals surface area (Å²) in [7, 11) is 0. The monoisotopic (exact) mass is 653 g/mol. The molecule has 0 saturated carbocycles. The molecule has 9 nitrogen and oxygen atoms in total. The average Bonchev–Trinajstić information content (AvgIpc) is 3.00. The van der Waals surface area contributed by atoms with Crippen LogP contribution in [0.2, 0.25) is 0 Å². The van der Waals surface area contributed by atoms with Crippen LogP contribution in [-0.2, 0) is 32.1 Å². The topological polar surface area (TPSA) is 98.0 Å². The molecule has 2 heterocycles. The fourth-order valence-corrected chi connectivity index (χ4v) is 5.52. The highest BCUT2D eigenvalue weighted by atomic mass is 35.5. The minimum atomic E-state index is -0.694. The molecule has 1 N–H and O–H groups in total. The molecular formula is C35H60ClN3O6. The van der Waals surface area contributed by atoms with E-state index in [1.165, 1.54) is 96.8 Å². The number of aromatic nitrogens is 1. The van der Waals surface area contributed by atoms with E-state index in [1.807, 2.05) is 35.9 Å². The zero-order valence-corrected chi connectivity index (χ0v) is 29.0. The Morgan fingerprint density at radius 2 is 1.33 bits per heavy atom. The van der Waals surface area contributed by atoms with Gasteiger partial charge in [-0.3, -0.25) is 4.79 Å². The molecule has 45 heavy (non-hydrogen) atoms. The van der Waals surface area contributed by atoms with Gasteiger partial charge in [-0.2, -0.15) is 0 Å². The zero-order chi connectivity index (χ0) is 31.8. The van der Waals surface area contributed by atoms with Gasteiger partial charge in [0.1, 0.15) is 26.3 Å². The second-order valence-corrected chi connectivity index (χ2v) is 12.1. The molecule has 258 valence electrons. The lowest BCUT2D eigenvalue weighted by atomic mass is 10.0. The Kier molecular flexibility index (Phi) is 23.3. The van der Waals surface area contributed by atoms with Crippen LogP contribution in [0.4, 0.5) is 9.59 Å². The maximum atomic E-state index is 12.6. The van der Waals surface area contributed by atoms with Crippen molar-refractivity contribution >= 4 is 18.1 Å². The smallest absolute Gasteiger partial charge is 0.417 e. The van der Waals surface area contributed by atoms with Gasteiger partial charge in [-0.1, -0.05) is 109 Å². The van der Waals surface area contributed by atoms with Crippen molar-refractivity contribution in [2.75, 3.05) is 19.8 Å². The van der Waals surface area contributed by atoms with Crippen LogP contribution in [0.3, 0.4) is 0 Å². The van der Waals surface area contributed by atoms with Crippen molar-refractivity contribution < 1.29 is 45.6 Å². The number of amides is 3.